The van der Waals surface area contributed by atoms with Crippen LogP contribution in [0.2, 0.25) is 0 Å². The predicted octanol–water partition coefficient (Wildman–Crippen LogP) is 3.29. The molecule has 130 valence electrons. The first kappa shape index (κ1) is 15.1. The van der Waals surface area contributed by atoms with Gasteiger partial charge in [-0.15, -0.1) is 0 Å². The Bertz CT molecular complexity index is 1080. The molecule has 4 aromatic rings. The third-order valence-electron chi connectivity index (χ3n) is 4.70. The lowest BCUT2D eigenvalue weighted by molar-refractivity contribution is 0.327. The molecule has 1 aliphatic heterocycles. The van der Waals surface area contributed by atoms with E-state index in [0.29, 0.717) is 30.4 Å². The molecule has 7 heteroatoms. The molecule has 1 N–H and O–H groups in total. The van der Waals surface area contributed by atoms with Crippen molar-refractivity contribution >= 4 is 11.2 Å². The van der Waals surface area contributed by atoms with E-state index in [4.69, 9.17) is 9.26 Å². The van der Waals surface area contributed by atoms with Crippen molar-refractivity contribution in [3.05, 3.63) is 53.7 Å². The Labute approximate surface area is 149 Å². The SMILES string of the molecule is CCc1nc2nccc(-c3nc(CC4COc5ccccc54)no3)c2[nH]1. The van der Waals surface area contributed by atoms with Crippen molar-refractivity contribution in [2.75, 3.05) is 6.61 Å². The van der Waals surface area contributed by atoms with Gasteiger partial charge in [-0.2, -0.15) is 4.98 Å². The molecule has 7 nitrogen and oxygen atoms in total. The van der Waals surface area contributed by atoms with Crippen molar-refractivity contribution in [2.24, 2.45) is 0 Å². The quantitative estimate of drug-likeness (QED) is 0.609. The zero-order valence-electron chi connectivity index (χ0n) is 14.3. The van der Waals surface area contributed by atoms with Gasteiger partial charge >= 0.3 is 0 Å². The number of fused-ring (bicyclic) bond motifs is 2. The molecule has 1 atom stereocenters. The number of ether oxygens (including phenoxy) is 1. The van der Waals surface area contributed by atoms with Crippen LogP contribution in [0.1, 0.15) is 30.1 Å². The predicted molar refractivity (Wildman–Crippen MR) is 94.9 cm³/mol. The van der Waals surface area contributed by atoms with Crippen molar-refractivity contribution in [3.8, 4) is 17.2 Å². The fraction of sp³-hybridized carbons (Fsp3) is 0.263. The molecule has 26 heavy (non-hydrogen) atoms. The van der Waals surface area contributed by atoms with Crippen LogP contribution in [-0.2, 0) is 12.8 Å². The van der Waals surface area contributed by atoms with Crippen molar-refractivity contribution in [3.63, 3.8) is 0 Å². The topological polar surface area (TPSA) is 89.7 Å². The number of nitrogens with one attached hydrogen (secondary N) is 1. The summed E-state index contributed by atoms with van der Waals surface area (Å²) in [5.74, 6) is 3.23. The average molecular weight is 347 g/mol. The van der Waals surface area contributed by atoms with Crippen molar-refractivity contribution in [1.82, 2.24) is 25.1 Å². The lowest BCUT2D eigenvalue weighted by Crippen LogP contribution is -2.05. The van der Waals surface area contributed by atoms with E-state index in [9.17, 15) is 0 Å². The Kier molecular flexibility index (Phi) is 3.44. The first-order chi connectivity index (χ1) is 12.8. The van der Waals surface area contributed by atoms with Gasteiger partial charge in [-0.1, -0.05) is 30.3 Å². The van der Waals surface area contributed by atoms with Crippen LogP contribution < -0.4 is 4.74 Å². The first-order valence-corrected chi connectivity index (χ1v) is 8.70. The highest BCUT2D eigenvalue weighted by Gasteiger charge is 2.26. The van der Waals surface area contributed by atoms with E-state index in [-0.39, 0.29) is 5.92 Å². The number of benzene rings is 1. The molecule has 0 saturated carbocycles. The fourth-order valence-corrected chi connectivity index (χ4v) is 3.37. The molecule has 0 fully saturated rings. The Morgan fingerprint density at radius 2 is 2.12 bits per heavy atom. The van der Waals surface area contributed by atoms with E-state index in [0.717, 1.165) is 29.1 Å². The molecule has 0 spiro atoms. The lowest BCUT2D eigenvalue weighted by Gasteiger charge is -2.04. The van der Waals surface area contributed by atoms with E-state index in [1.807, 2.05) is 31.2 Å². The van der Waals surface area contributed by atoms with Gasteiger partial charge in [-0.25, -0.2) is 9.97 Å². The van der Waals surface area contributed by atoms with Crippen LogP contribution in [0.4, 0.5) is 0 Å². The second kappa shape index (κ2) is 5.94. The van der Waals surface area contributed by atoms with Gasteiger partial charge < -0.3 is 14.2 Å². The molecule has 0 radical (unpaired) electrons. The minimum Gasteiger partial charge on any atom is -0.493 e. The number of H-pyrrole nitrogens is 1. The average Bonchev–Trinajstić information content (AvgIpc) is 3.40. The number of para-hydroxylation sites is 1. The van der Waals surface area contributed by atoms with Gasteiger partial charge in [0, 0.05) is 30.5 Å². The van der Waals surface area contributed by atoms with E-state index in [1.165, 1.54) is 5.56 Å². The van der Waals surface area contributed by atoms with Gasteiger partial charge in [0.1, 0.15) is 11.6 Å². The van der Waals surface area contributed by atoms with Gasteiger partial charge in [0.05, 0.1) is 17.7 Å². The zero-order valence-corrected chi connectivity index (χ0v) is 14.3. The first-order valence-electron chi connectivity index (χ1n) is 8.70. The number of aromatic amines is 1. The fourth-order valence-electron chi connectivity index (χ4n) is 3.37. The highest BCUT2D eigenvalue weighted by Crippen LogP contribution is 2.35. The maximum atomic E-state index is 5.74. The minimum absolute atomic E-state index is 0.243. The normalized spacial score (nSPS) is 16.0. The molecule has 1 unspecified atom stereocenters. The summed E-state index contributed by atoms with van der Waals surface area (Å²) >= 11 is 0. The third-order valence-corrected chi connectivity index (χ3v) is 4.70. The number of imidazole rings is 1. The van der Waals surface area contributed by atoms with Crippen molar-refractivity contribution < 1.29 is 9.26 Å². The highest BCUT2D eigenvalue weighted by atomic mass is 16.5. The number of pyridine rings is 1. The van der Waals surface area contributed by atoms with Crippen molar-refractivity contribution in [2.45, 2.75) is 25.7 Å². The summed E-state index contributed by atoms with van der Waals surface area (Å²) in [6.45, 7) is 2.69. The summed E-state index contributed by atoms with van der Waals surface area (Å²) in [4.78, 5) is 16.6. The van der Waals surface area contributed by atoms with Gasteiger partial charge in [0.25, 0.3) is 5.89 Å². The second-order valence-electron chi connectivity index (χ2n) is 6.36. The molecule has 3 aromatic heterocycles. The van der Waals surface area contributed by atoms with Crippen LogP contribution >= 0.6 is 0 Å². The Hall–Kier alpha value is -3.22. The maximum Gasteiger partial charge on any atom is 0.260 e. The lowest BCUT2D eigenvalue weighted by atomic mass is 9.98. The largest absolute Gasteiger partial charge is 0.493 e. The number of nitrogens with zero attached hydrogens (tertiary/aromatic N) is 4. The molecular weight excluding hydrogens is 330 g/mol. The van der Waals surface area contributed by atoms with Gasteiger partial charge in [0.15, 0.2) is 11.5 Å². The minimum atomic E-state index is 0.243. The summed E-state index contributed by atoms with van der Waals surface area (Å²) in [5.41, 5.74) is 3.52. The Morgan fingerprint density at radius 1 is 1.19 bits per heavy atom. The monoisotopic (exact) mass is 347 g/mol. The highest BCUT2D eigenvalue weighted by molar-refractivity contribution is 5.86. The van der Waals surface area contributed by atoms with Crippen LogP contribution in [-0.4, -0.2) is 31.7 Å². The summed E-state index contributed by atoms with van der Waals surface area (Å²) in [6, 6.07) is 9.97. The number of aryl methyl sites for hydroxylation is 1. The van der Waals surface area contributed by atoms with Crippen LogP contribution in [0.15, 0.2) is 41.1 Å². The van der Waals surface area contributed by atoms with Crippen LogP contribution in [0.25, 0.3) is 22.6 Å². The van der Waals surface area contributed by atoms with E-state index >= 15 is 0 Å². The van der Waals surface area contributed by atoms with E-state index in [1.54, 1.807) is 6.20 Å². The van der Waals surface area contributed by atoms with Gasteiger partial charge in [-0.05, 0) is 12.1 Å². The number of aromatic nitrogens is 5. The maximum absolute atomic E-state index is 5.74. The summed E-state index contributed by atoms with van der Waals surface area (Å²) < 4.78 is 11.3. The molecular formula is C19H17N5O2. The second-order valence-corrected chi connectivity index (χ2v) is 6.36. The Morgan fingerprint density at radius 3 is 3.04 bits per heavy atom. The summed E-state index contributed by atoms with van der Waals surface area (Å²) in [5, 5.41) is 4.17. The molecule has 0 bridgehead atoms. The number of hydrogen-bond donors (Lipinski definition) is 1. The zero-order chi connectivity index (χ0) is 17.5. The summed E-state index contributed by atoms with van der Waals surface area (Å²) in [6.07, 6.45) is 3.20. The van der Waals surface area contributed by atoms with Crippen LogP contribution in [0, 0.1) is 0 Å². The van der Waals surface area contributed by atoms with Gasteiger partial charge in [0.2, 0.25) is 0 Å². The molecule has 0 amide bonds. The van der Waals surface area contributed by atoms with E-state index < -0.39 is 0 Å². The summed E-state index contributed by atoms with van der Waals surface area (Å²) in [7, 11) is 0. The smallest absolute Gasteiger partial charge is 0.260 e. The molecule has 0 saturated heterocycles. The van der Waals surface area contributed by atoms with Crippen molar-refractivity contribution in [1.29, 1.82) is 0 Å². The third kappa shape index (κ3) is 2.44. The standard InChI is InChI=1S/C19H17N5O2/c1-2-15-21-17-13(7-8-20-18(17)22-15)19-23-16(24-26-19)9-11-10-25-14-6-4-3-5-12(11)14/h3-8,11H,2,9-10H2,1H3,(H,20,21,22). The Balaban J connectivity index is 1.45. The van der Waals surface area contributed by atoms with Crippen LogP contribution in [0.3, 0.4) is 0 Å². The molecule has 4 heterocycles. The molecule has 1 aliphatic rings. The van der Waals surface area contributed by atoms with E-state index in [2.05, 4.69) is 31.2 Å². The number of hydrogen-bond acceptors (Lipinski definition) is 6. The molecule has 0 aliphatic carbocycles. The number of rotatable bonds is 4. The molecule has 5 rings (SSSR count). The van der Waals surface area contributed by atoms with Crippen LogP contribution in [0.5, 0.6) is 5.75 Å². The molecule has 1 aromatic carbocycles. The van der Waals surface area contributed by atoms with Gasteiger partial charge in [-0.3, -0.25) is 0 Å².